The highest BCUT2D eigenvalue weighted by Crippen LogP contribution is 2.27. The minimum Gasteiger partial charge on any atom is -0.324 e. The number of carbonyl (C=O) groups is 1. The number of aryl methyl sites for hydroxylation is 3. The molecule has 0 atom stereocenters. The molecular weight excluding hydrogens is 413 g/mol. The minimum atomic E-state index is -0.190. The van der Waals surface area contributed by atoms with Gasteiger partial charge in [-0.2, -0.15) is 0 Å². The standard InChI is InChI=1S/C21H19Cl2N3OS/c1-12-8-14(3)16(9-13(12)2)18-6-7-21(26-25-18)28-11-20(27)24-19-10-15(22)4-5-17(19)23/h4-10H,11H2,1-3H3,(H,24,27). The van der Waals surface area contributed by atoms with E-state index in [9.17, 15) is 4.79 Å². The maximum atomic E-state index is 12.2. The fraction of sp³-hybridized carbons (Fsp3) is 0.190. The fourth-order valence-electron chi connectivity index (χ4n) is 2.70. The van der Waals surface area contributed by atoms with E-state index in [1.54, 1.807) is 18.2 Å². The average molecular weight is 432 g/mol. The Morgan fingerprint density at radius 2 is 1.71 bits per heavy atom. The molecular formula is C21H19Cl2N3OS. The van der Waals surface area contributed by atoms with Crippen LogP contribution in [-0.4, -0.2) is 21.9 Å². The van der Waals surface area contributed by atoms with Crippen LogP contribution >= 0.6 is 35.0 Å². The Hall–Kier alpha value is -2.08. The number of nitrogens with zero attached hydrogens (tertiary/aromatic N) is 2. The van der Waals surface area contributed by atoms with Gasteiger partial charge in [0, 0.05) is 10.6 Å². The lowest BCUT2D eigenvalue weighted by Gasteiger charge is -2.09. The van der Waals surface area contributed by atoms with E-state index < -0.39 is 0 Å². The Morgan fingerprint density at radius 1 is 0.964 bits per heavy atom. The zero-order valence-corrected chi connectivity index (χ0v) is 18.0. The summed E-state index contributed by atoms with van der Waals surface area (Å²) in [5.41, 5.74) is 6.02. The van der Waals surface area contributed by atoms with E-state index in [4.69, 9.17) is 23.2 Å². The van der Waals surface area contributed by atoms with Gasteiger partial charge < -0.3 is 5.32 Å². The lowest BCUT2D eigenvalue weighted by molar-refractivity contribution is -0.113. The molecule has 3 rings (SSSR count). The second kappa shape index (κ2) is 8.95. The van der Waals surface area contributed by atoms with Crippen LogP contribution in [0.2, 0.25) is 10.0 Å². The molecule has 0 saturated carbocycles. The Labute approximate surface area is 178 Å². The van der Waals surface area contributed by atoms with Gasteiger partial charge in [0.2, 0.25) is 5.91 Å². The van der Waals surface area contributed by atoms with Crippen molar-refractivity contribution in [1.82, 2.24) is 10.2 Å². The van der Waals surface area contributed by atoms with Crippen LogP contribution in [0.5, 0.6) is 0 Å². The maximum absolute atomic E-state index is 12.2. The highest BCUT2D eigenvalue weighted by atomic mass is 35.5. The topological polar surface area (TPSA) is 54.9 Å². The van der Waals surface area contributed by atoms with Crippen molar-refractivity contribution in [3.63, 3.8) is 0 Å². The summed E-state index contributed by atoms with van der Waals surface area (Å²) in [6, 6.07) is 13.0. The molecule has 4 nitrogen and oxygen atoms in total. The van der Waals surface area contributed by atoms with Crippen molar-refractivity contribution in [3.8, 4) is 11.3 Å². The molecule has 2 aromatic carbocycles. The molecule has 144 valence electrons. The molecule has 1 amide bonds. The lowest BCUT2D eigenvalue weighted by atomic mass is 9.99. The third kappa shape index (κ3) is 5.04. The highest BCUT2D eigenvalue weighted by Gasteiger charge is 2.10. The summed E-state index contributed by atoms with van der Waals surface area (Å²) in [5, 5.41) is 13.0. The Kier molecular flexibility index (Phi) is 6.60. The van der Waals surface area contributed by atoms with Gasteiger partial charge in [0.05, 0.1) is 22.2 Å². The fourth-order valence-corrected chi connectivity index (χ4v) is 3.65. The third-order valence-electron chi connectivity index (χ3n) is 4.31. The number of halogens is 2. The highest BCUT2D eigenvalue weighted by molar-refractivity contribution is 7.99. The van der Waals surface area contributed by atoms with Gasteiger partial charge in [0.1, 0.15) is 5.03 Å². The van der Waals surface area contributed by atoms with Crippen LogP contribution in [0.1, 0.15) is 16.7 Å². The molecule has 0 spiro atoms. The zero-order chi connectivity index (χ0) is 20.3. The average Bonchev–Trinajstić information content (AvgIpc) is 2.66. The first kappa shape index (κ1) is 20.6. The van der Waals surface area contributed by atoms with Crippen molar-refractivity contribution in [2.75, 3.05) is 11.1 Å². The number of hydrogen-bond donors (Lipinski definition) is 1. The van der Waals surface area contributed by atoms with Crippen molar-refractivity contribution in [3.05, 3.63) is 69.2 Å². The van der Waals surface area contributed by atoms with E-state index in [-0.39, 0.29) is 11.7 Å². The van der Waals surface area contributed by atoms with Crippen molar-refractivity contribution in [2.45, 2.75) is 25.8 Å². The number of hydrogen-bond acceptors (Lipinski definition) is 4. The molecule has 0 saturated heterocycles. The number of carbonyl (C=O) groups excluding carboxylic acids is 1. The molecule has 3 aromatic rings. The number of nitrogens with one attached hydrogen (secondary N) is 1. The van der Waals surface area contributed by atoms with E-state index >= 15 is 0 Å². The quantitative estimate of drug-likeness (QED) is 0.495. The maximum Gasteiger partial charge on any atom is 0.234 e. The van der Waals surface area contributed by atoms with Gasteiger partial charge in [-0.1, -0.05) is 41.0 Å². The third-order valence-corrected chi connectivity index (χ3v) is 5.80. The number of benzene rings is 2. The van der Waals surface area contributed by atoms with E-state index in [1.807, 2.05) is 12.1 Å². The second-order valence-electron chi connectivity index (χ2n) is 6.47. The predicted octanol–water partition coefficient (Wildman–Crippen LogP) is 6.11. The predicted molar refractivity (Wildman–Crippen MR) is 117 cm³/mol. The normalized spacial score (nSPS) is 10.8. The Balaban J connectivity index is 1.64. The molecule has 1 aromatic heterocycles. The molecule has 0 radical (unpaired) electrons. The van der Waals surface area contributed by atoms with Gasteiger partial charge in [-0.25, -0.2) is 0 Å². The van der Waals surface area contributed by atoms with Crippen LogP contribution in [0.4, 0.5) is 5.69 Å². The number of rotatable bonds is 5. The zero-order valence-electron chi connectivity index (χ0n) is 15.7. The number of amides is 1. The summed E-state index contributed by atoms with van der Waals surface area (Å²) in [5.74, 6) is 0.00421. The summed E-state index contributed by atoms with van der Waals surface area (Å²) < 4.78 is 0. The molecule has 0 unspecified atom stereocenters. The summed E-state index contributed by atoms with van der Waals surface area (Å²) in [6.45, 7) is 6.25. The van der Waals surface area contributed by atoms with Crippen LogP contribution in [0, 0.1) is 20.8 Å². The SMILES string of the molecule is Cc1cc(C)c(-c2ccc(SCC(=O)Nc3cc(Cl)ccc3Cl)nn2)cc1C. The van der Waals surface area contributed by atoms with Gasteiger partial charge in [-0.15, -0.1) is 10.2 Å². The summed E-state index contributed by atoms with van der Waals surface area (Å²) in [7, 11) is 0. The molecule has 0 bridgehead atoms. The van der Waals surface area contributed by atoms with Crippen LogP contribution in [0.15, 0.2) is 47.5 Å². The lowest BCUT2D eigenvalue weighted by Crippen LogP contribution is -2.14. The largest absolute Gasteiger partial charge is 0.324 e. The molecule has 0 aliphatic heterocycles. The molecule has 0 aliphatic rings. The van der Waals surface area contributed by atoms with Crippen molar-refractivity contribution in [2.24, 2.45) is 0 Å². The monoisotopic (exact) mass is 431 g/mol. The molecule has 1 heterocycles. The molecule has 1 N–H and O–H groups in total. The van der Waals surface area contributed by atoms with Crippen molar-refractivity contribution < 1.29 is 4.79 Å². The Bertz CT molecular complexity index is 1020. The first-order chi connectivity index (χ1) is 13.3. The molecule has 7 heteroatoms. The number of thioether (sulfide) groups is 1. The first-order valence-corrected chi connectivity index (χ1v) is 10.4. The van der Waals surface area contributed by atoms with Gasteiger partial charge in [-0.05, 0) is 73.9 Å². The van der Waals surface area contributed by atoms with E-state index in [1.165, 1.54) is 22.9 Å². The summed E-state index contributed by atoms with van der Waals surface area (Å²) >= 11 is 13.3. The number of anilines is 1. The van der Waals surface area contributed by atoms with Crippen LogP contribution < -0.4 is 5.32 Å². The summed E-state index contributed by atoms with van der Waals surface area (Å²) in [4.78, 5) is 12.2. The van der Waals surface area contributed by atoms with E-state index in [0.717, 1.165) is 16.8 Å². The van der Waals surface area contributed by atoms with Crippen LogP contribution in [0.25, 0.3) is 11.3 Å². The minimum absolute atomic E-state index is 0.190. The van der Waals surface area contributed by atoms with Crippen molar-refractivity contribution >= 4 is 46.6 Å². The molecule has 0 fully saturated rings. The van der Waals surface area contributed by atoms with Crippen LogP contribution in [0.3, 0.4) is 0 Å². The second-order valence-corrected chi connectivity index (χ2v) is 8.31. The van der Waals surface area contributed by atoms with Crippen LogP contribution in [-0.2, 0) is 4.79 Å². The van der Waals surface area contributed by atoms with E-state index in [2.05, 4.69) is 48.4 Å². The first-order valence-electron chi connectivity index (χ1n) is 8.63. The molecule has 28 heavy (non-hydrogen) atoms. The van der Waals surface area contributed by atoms with Gasteiger partial charge in [0.25, 0.3) is 0 Å². The van der Waals surface area contributed by atoms with Gasteiger partial charge in [-0.3, -0.25) is 4.79 Å². The van der Waals surface area contributed by atoms with E-state index in [0.29, 0.717) is 20.8 Å². The molecule has 0 aliphatic carbocycles. The van der Waals surface area contributed by atoms with Gasteiger partial charge in [0.15, 0.2) is 0 Å². The smallest absolute Gasteiger partial charge is 0.234 e. The van der Waals surface area contributed by atoms with Gasteiger partial charge >= 0.3 is 0 Å². The Morgan fingerprint density at radius 3 is 2.43 bits per heavy atom. The number of aromatic nitrogens is 2. The van der Waals surface area contributed by atoms with Crippen molar-refractivity contribution in [1.29, 1.82) is 0 Å². The summed E-state index contributed by atoms with van der Waals surface area (Å²) in [6.07, 6.45) is 0.